The first kappa shape index (κ1) is 16.5. The van der Waals surface area contributed by atoms with Crippen LogP contribution < -0.4 is 4.74 Å². The SMILES string of the molecule is COC(=O)c1nc(Br)ccc1OCCCc1ccccc1C. The molecule has 1 aromatic heterocycles. The van der Waals surface area contributed by atoms with Crippen molar-refractivity contribution in [1.29, 1.82) is 0 Å². The van der Waals surface area contributed by atoms with Crippen molar-refractivity contribution in [3.8, 4) is 5.75 Å². The Bertz CT molecular complexity index is 658. The predicted octanol–water partition coefficient (Wildman–Crippen LogP) is 3.95. The van der Waals surface area contributed by atoms with Gasteiger partial charge in [0.15, 0.2) is 11.4 Å². The van der Waals surface area contributed by atoms with Gasteiger partial charge in [-0.25, -0.2) is 9.78 Å². The van der Waals surface area contributed by atoms with E-state index in [0.717, 1.165) is 12.8 Å². The van der Waals surface area contributed by atoms with Crippen molar-refractivity contribution >= 4 is 21.9 Å². The topological polar surface area (TPSA) is 48.4 Å². The summed E-state index contributed by atoms with van der Waals surface area (Å²) in [6.07, 6.45) is 1.80. The molecule has 0 unspecified atom stereocenters. The highest BCUT2D eigenvalue weighted by molar-refractivity contribution is 9.10. The lowest BCUT2D eigenvalue weighted by Gasteiger charge is -2.10. The van der Waals surface area contributed by atoms with Gasteiger partial charge in [-0.15, -0.1) is 0 Å². The molecule has 5 heteroatoms. The molecule has 1 heterocycles. The number of aromatic nitrogens is 1. The fourth-order valence-corrected chi connectivity index (χ4v) is 2.43. The molecule has 0 saturated heterocycles. The van der Waals surface area contributed by atoms with E-state index in [2.05, 4.69) is 40.0 Å². The van der Waals surface area contributed by atoms with Crippen LogP contribution in [-0.4, -0.2) is 24.7 Å². The van der Waals surface area contributed by atoms with E-state index >= 15 is 0 Å². The molecule has 4 nitrogen and oxygen atoms in total. The molecule has 0 aliphatic carbocycles. The van der Waals surface area contributed by atoms with Crippen molar-refractivity contribution in [2.45, 2.75) is 19.8 Å². The van der Waals surface area contributed by atoms with Crippen molar-refractivity contribution in [3.63, 3.8) is 0 Å². The van der Waals surface area contributed by atoms with Gasteiger partial charge in [-0.05, 0) is 59.0 Å². The van der Waals surface area contributed by atoms with Crippen LogP contribution in [0.25, 0.3) is 0 Å². The van der Waals surface area contributed by atoms with Crippen molar-refractivity contribution in [2.24, 2.45) is 0 Å². The maximum Gasteiger partial charge on any atom is 0.360 e. The highest BCUT2D eigenvalue weighted by Crippen LogP contribution is 2.21. The van der Waals surface area contributed by atoms with Crippen molar-refractivity contribution in [2.75, 3.05) is 13.7 Å². The van der Waals surface area contributed by atoms with Gasteiger partial charge in [-0.3, -0.25) is 0 Å². The first-order valence-electron chi connectivity index (χ1n) is 7.04. The van der Waals surface area contributed by atoms with E-state index in [1.807, 2.05) is 12.1 Å². The highest BCUT2D eigenvalue weighted by Gasteiger charge is 2.15. The van der Waals surface area contributed by atoms with Gasteiger partial charge in [-0.1, -0.05) is 24.3 Å². The minimum absolute atomic E-state index is 0.188. The van der Waals surface area contributed by atoms with Crippen LogP contribution >= 0.6 is 15.9 Å². The third kappa shape index (κ3) is 4.31. The number of esters is 1. The zero-order chi connectivity index (χ0) is 15.9. The van der Waals surface area contributed by atoms with Crippen LogP contribution in [0.3, 0.4) is 0 Å². The number of nitrogens with zero attached hydrogens (tertiary/aromatic N) is 1. The number of rotatable bonds is 6. The highest BCUT2D eigenvalue weighted by atomic mass is 79.9. The Labute approximate surface area is 138 Å². The van der Waals surface area contributed by atoms with Crippen LogP contribution in [0, 0.1) is 6.92 Å². The largest absolute Gasteiger partial charge is 0.491 e. The van der Waals surface area contributed by atoms with Crippen LogP contribution in [0.4, 0.5) is 0 Å². The zero-order valence-corrected chi connectivity index (χ0v) is 14.2. The Morgan fingerprint density at radius 2 is 2.00 bits per heavy atom. The maximum absolute atomic E-state index is 11.7. The minimum atomic E-state index is -0.504. The van der Waals surface area contributed by atoms with Gasteiger partial charge < -0.3 is 9.47 Å². The number of aryl methyl sites for hydroxylation is 2. The molecule has 0 fully saturated rings. The molecular formula is C17H18BrNO3. The summed E-state index contributed by atoms with van der Waals surface area (Å²) < 4.78 is 11.0. The van der Waals surface area contributed by atoms with Crippen LogP contribution in [0.5, 0.6) is 5.75 Å². The predicted molar refractivity (Wildman–Crippen MR) is 88.3 cm³/mol. The summed E-state index contributed by atoms with van der Waals surface area (Å²) in [5.41, 5.74) is 2.78. The average Bonchev–Trinajstić information content (AvgIpc) is 2.53. The summed E-state index contributed by atoms with van der Waals surface area (Å²) in [6.45, 7) is 2.62. The second kappa shape index (κ2) is 7.94. The molecule has 0 spiro atoms. The number of methoxy groups -OCH3 is 1. The van der Waals surface area contributed by atoms with Gasteiger partial charge in [-0.2, -0.15) is 0 Å². The molecule has 2 aromatic rings. The molecule has 0 saturated carbocycles. The molecule has 0 N–H and O–H groups in total. The smallest absolute Gasteiger partial charge is 0.360 e. The summed E-state index contributed by atoms with van der Waals surface area (Å²) >= 11 is 3.24. The number of carbonyl (C=O) groups is 1. The third-order valence-corrected chi connectivity index (χ3v) is 3.75. The number of hydrogen-bond acceptors (Lipinski definition) is 4. The molecule has 0 bridgehead atoms. The van der Waals surface area contributed by atoms with Gasteiger partial charge in [0.1, 0.15) is 4.60 Å². The van der Waals surface area contributed by atoms with Crippen molar-refractivity contribution in [1.82, 2.24) is 4.98 Å². The molecule has 0 aliphatic heterocycles. The first-order valence-corrected chi connectivity index (χ1v) is 7.83. The first-order chi connectivity index (χ1) is 10.6. The van der Waals surface area contributed by atoms with Gasteiger partial charge in [0.05, 0.1) is 13.7 Å². The van der Waals surface area contributed by atoms with E-state index in [-0.39, 0.29) is 5.69 Å². The molecule has 0 aliphatic rings. The Hall–Kier alpha value is -1.88. The van der Waals surface area contributed by atoms with Crippen molar-refractivity contribution in [3.05, 3.63) is 57.8 Å². The second-order valence-electron chi connectivity index (χ2n) is 4.85. The molecule has 116 valence electrons. The quantitative estimate of drug-likeness (QED) is 0.442. The minimum Gasteiger partial charge on any atom is -0.491 e. The lowest BCUT2D eigenvalue weighted by molar-refractivity contribution is 0.0588. The monoisotopic (exact) mass is 363 g/mol. The molecule has 2 rings (SSSR count). The van der Waals surface area contributed by atoms with E-state index in [4.69, 9.17) is 9.47 Å². The van der Waals surface area contributed by atoms with Crippen LogP contribution in [0.15, 0.2) is 41.0 Å². The normalized spacial score (nSPS) is 10.3. The second-order valence-corrected chi connectivity index (χ2v) is 5.66. The molecule has 0 amide bonds. The van der Waals surface area contributed by atoms with E-state index in [1.165, 1.54) is 18.2 Å². The van der Waals surface area contributed by atoms with Crippen molar-refractivity contribution < 1.29 is 14.3 Å². The van der Waals surface area contributed by atoms with Crippen LogP contribution in [0.2, 0.25) is 0 Å². The Kier molecular flexibility index (Phi) is 5.95. The summed E-state index contributed by atoms with van der Waals surface area (Å²) in [5.74, 6) is -0.0602. The number of pyridine rings is 1. The van der Waals surface area contributed by atoms with Gasteiger partial charge >= 0.3 is 5.97 Å². The number of ether oxygens (including phenoxy) is 2. The van der Waals surface area contributed by atoms with E-state index in [1.54, 1.807) is 12.1 Å². The fraction of sp³-hybridized carbons (Fsp3) is 0.294. The summed E-state index contributed by atoms with van der Waals surface area (Å²) in [4.78, 5) is 15.8. The lowest BCUT2D eigenvalue weighted by Crippen LogP contribution is -2.09. The van der Waals surface area contributed by atoms with Gasteiger partial charge in [0, 0.05) is 0 Å². The summed E-state index contributed by atoms with van der Waals surface area (Å²) in [6, 6.07) is 11.8. The molecular weight excluding hydrogens is 346 g/mol. The zero-order valence-electron chi connectivity index (χ0n) is 12.6. The van der Waals surface area contributed by atoms with E-state index in [0.29, 0.717) is 17.0 Å². The van der Waals surface area contributed by atoms with E-state index in [9.17, 15) is 4.79 Å². The number of hydrogen-bond donors (Lipinski definition) is 0. The number of benzene rings is 1. The number of halogens is 1. The van der Waals surface area contributed by atoms with E-state index < -0.39 is 5.97 Å². The Morgan fingerprint density at radius 3 is 2.73 bits per heavy atom. The fourth-order valence-electron chi connectivity index (χ4n) is 2.12. The lowest BCUT2D eigenvalue weighted by atomic mass is 10.0. The average molecular weight is 364 g/mol. The summed E-state index contributed by atoms with van der Waals surface area (Å²) in [7, 11) is 1.33. The molecule has 0 radical (unpaired) electrons. The van der Waals surface area contributed by atoms with Crippen LogP contribution in [-0.2, 0) is 11.2 Å². The molecule has 22 heavy (non-hydrogen) atoms. The van der Waals surface area contributed by atoms with Gasteiger partial charge in [0.2, 0.25) is 0 Å². The third-order valence-electron chi connectivity index (χ3n) is 3.31. The van der Waals surface area contributed by atoms with Gasteiger partial charge in [0.25, 0.3) is 0 Å². The molecule has 1 aromatic carbocycles. The summed E-state index contributed by atoms with van der Waals surface area (Å²) in [5, 5.41) is 0. The molecule has 0 atom stereocenters. The maximum atomic E-state index is 11.7. The standard InChI is InChI=1S/C17H18BrNO3/c1-12-6-3-4-7-13(12)8-5-11-22-14-9-10-15(18)19-16(14)17(20)21-2/h3-4,6-7,9-10H,5,8,11H2,1-2H3. The Morgan fingerprint density at radius 1 is 1.23 bits per heavy atom. The van der Waals surface area contributed by atoms with Crippen LogP contribution in [0.1, 0.15) is 28.0 Å². The Balaban J connectivity index is 1.95. The number of carbonyl (C=O) groups excluding carboxylic acids is 1.